The van der Waals surface area contributed by atoms with Gasteiger partial charge in [-0.25, -0.2) is 9.59 Å². The molecule has 1 aromatic rings. The van der Waals surface area contributed by atoms with Gasteiger partial charge in [-0.3, -0.25) is 4.90 Å². The summed E-state index contributed by atoms with van der Waals surface area (Å²) in [5.74, 6) is -1.42. The average Bonchev–Trinajstić information content (AvgIpc) is 2.74. The van der Waals surface area contributed by atoms with E-state index in [1.165, 1.54) is 6.07 Å². The highest BCUT2D eigenvalue weighted by Gasteiger charge is 2.51. The first-order valence-electron chi connectivity index (χ1n) is 5.93. The van der Waals surface area contributed by atoms with E-state index in [1.807, 2.05) is 0 Å². The second-order valence-electron chi connectivity index (χ2n) is 4.81. The fourth-order valence-electron chi connectivity index (χ4n) is 2.08. The minimum Gasteiger partial charge on any atom is -0.479 e. The number of benzene rings is 1. The van der Waals surface area contributed by atoms with Crippen molar-refractivity contribution in [2.45, 2.75) is 18.6 Å². The van der Waals surface area contributed by atoms with Crippen LogP contribution in [-0.2, 0) is 15.7 Å². The lowest BCUT2D eigenvalue weighted by atomic mass is 10.00. The Morgan fingerprint density at radius 1 is 1.50 bits per heavy atom. The number of nitriles is 1. The molecule has 116 valence electrons. The summed E-state index contributed by atoms with van der Waals surface area (Å²) in [4.78, 5) is 23.6. The zero-order chi connectivity index (χ0) is 16.7. The number of hydrogen-bond acceptors (Lipinski definition) is 4. The maximum atomic E-state index is 12.9. The largest absolute Gasteiger partial charge is 0.479 e. The second kappa shape index (κ2) is 4.91. The Morgan fingerprint density at radius 3 is 2.64 bits per heavy atom. The third-order valence-corrected chi connectivity index (χ3v) is 3.30. The van der Waals surface area contributed by atoms with E-state index in [-0.39, 0.29) is 5.69 Å². The summed E-state index contributed by atoms with van der Waals surface area (Å²) in [5, 5.41) is 17.9. The molecule has 9 heteroatoms. The molecule has 1 aliphatic rings. The molecule has 0 unspecified atom stereocenters. The van der Waals surface area contributed by atoms with Gasteiger partial charge in [0.1, 0.15) is 6.61 Å². The number of carboxylic acids is 1. The first-order valence-corrected chi connectivity index (χ1v) is 5.93. The number of halogens is 3. The number of carbonyl (C=O) groups excluding carboxylic acids is 1. The van der Waals surface area contributed by atoms with E-state index in [4.69, 9.17) is 5.26 Å². The highest BCUT2D eigenvalue weighted by Crippen LogP contribution is 2.37. The van der Waals surface area contributed by atoms with E-state index >= 15 is 0 Å². The van der Waals surface area contributed by atoms with Crippen LogP contribution < -0.4 is 4.90 Å². The molecular weight excluding hydrogens is 305 g/mol. The quantitative estimate of drug-likeness (QED) is 0.905. The summed E-state index contributed by atoms with van der Waals surface area (Å²) < 4.78 is 43.5. The molecule has 0 bridgehead atoms. The maximum Gasteiger partial charge on any atom is 0.417 e. The average molecular weight is 314 g/mol. The van der Waals surface area contributed by atoms with Crippen LogP contribution in [0.15, 0.2) is 18.2 Å². The van der Waals surface area contributed by atoms with Crippen LogP contribution in [0.1, 0.15) is 18.1 Å². The molecule has 1 heterocycles. The Labute approximate surface area is 122 Å². The van der Waals surface area contributed by atoms with Crippen LogP contribution in [-0.4, -0.2) is 29.3 Å². The number of aliphatic carboxylic acids is 1. The Bertz CT molecular complexity index is 696. The van der Waals surface area contributed by atoms with Crippen LogP contribution in [0.4, 0.5) is 23.7 Å². The summed E-state index contributed by atoms with van der Waals surface area (Å²) in [6.45, 7) is 0.661. The van der Waals surface area contributed by atoms with Gasteiger partial charge in [0.05, 0.1) is 17.2 Å². The summed E-state index contributed by atoms with van der Waals surface area (Å²) in [6, 6.07) is 3.92. The van der Waals surface area contributed by atoms with Crippen LogP contribution in [0.5, 0.6) is 0 Å². The first kappa shape index (κ1) is 15.6. The molecule has 2 rings (SSSR count). The van der Waals surface area contributed by atoms with Crippen molar-refractivity contribution in [2.75, 3.05) is 11.5 Å². The predicted octanol–water partition coefficient (Wildman–Crippen LogP) is 2.38. The minimum atomic E-state index is -4.82. The van der Waals surface area contributed by atoms with Crippen molar-refractivity contribution in [3.8, 4) is 6.07 Å². The smallest absolute Gasteiger partial charge is 0.417 e. The van der Waals surface area contributed by atoms with Crippen molar-refractivity contribution in [3.63, 3.8) is 0 Å². The van der Waals surface area contributed by atoms with E-state index < -0.39 is 41.5 Å². The van der Waals surface area contributed by atoms with E-state index in [9.17, 15) is 27.9 Å². The number of carboxylic acid groups (broad SMARTS) is 1. The molecule has 1 N–H and O–H groups in total. The van der Waals surface area contributed by atoms with Gasteiger partial charge in [-0.1, -0.05) is 0 Å². The highest BCUT2D eigenvalue weighted by molar-refractivity contribution is 6.00. The Kier molecular flexibility index (Phi) is 3.48. The zero-order valence-electron chi connectivity index (χ0n) is 11.1. The number of rotatable bonds is 2. The van der Waals surface area contributed by atoms with Gasteiger partial charge in [0, 0.05) is 5.69 Å². The molecule has 0 aliphatic carbocycles. The van der Waals surface area contributed by atoms with E-state index in [2.05, 4.69) is 4.74 Å². The van der Waals surface area contributed by atoms with Crippen LogP contribution in [0.3, 0.4) is 0 Å². The van der Waals surface area contributed by atoms with Gasteiger partial charge < -0.3 is 9.84 Å². The molecule has 0 saturated carbocycles. The molecule has 6 nitrogen and oxygen atoms in total. The van der Waals surface area contributed by atoms with E-state index in [0.717, 1.165) is 19.1 Å². The Hall–Kier alpha value is -2.76. The molecule has 1 atom stereocenters. The van der Waals surface area contributed by atoms with Crippen molar-refractivity contribution in [1.82, 2.24) is 0 Å². The zero-order valence-corrected chi connectivity index (χ0v) is 11.1. The number of ether oxygens (including phenoxy) is 1. The number of carbonyl (C=O) groups is 2. The van der Waals surface area contributed by atoms with Crippen LogP contribution in [0.2, 0.25) is 0 Å². The molecule has 0 aromatic heterocycles. The van der Waals surface area contributed by atoms with Crippen molar-refractivity contribution in [1.29, 1.82) is 5.26 Å². The normalized spacial score (nSPS) is 21.4. The van der Waals surface area contributed by atoms with Gasteiger partial charge in [0.25, 0.3) is 0 Å². The van der Waals surface area contributed by atoms with Gasteiger partial charge in [-0.05, 0) is 25.1 Å². The fourth-order valence-corrected chi connectivity index (χ4v) is 2.08. The highest BCUT2D eigenvalue weighted by atomic mass is 19.4. The van der Waals surface area contributed by atoms with Gasteiger partial charge in [-0.2, -0.15) is 18.4 Å². The van der Waals surface area contributed by atoms with Gasteiger partial charge in [0.15, 0.2) is 5.54 Å². The number of anilines is 1. The minimum absolute atomic E-state index is 0.307. The molecule has 1 aliphatic heterocycles. The molecule has 1 amide bonds. The number of hydrogen-bond donors (Lipinski definition) is 1. The SMILES string of the molecule is C[C@]1(C(=O)O)COC(=O)N1c1ccc(C#N)c(C(F)(F)F)c1. The van der Waals surface area contributed by atoms with Crippen LogP contribution in [0, 0.1) is 11.3 Å². The summed E-state index contributed by atoms with van der Waals surface area (Å²) in [7, 11) is 0. The second-order valence-corrected chi connectivity index (χ2v) is 4.81. The van der Waals surface area contributed by atoms with Crippen molar-refractivity contribution in [2.24, 2.45) is 0 Å². The van der Waals surface area contributed by atoms with Crippen LogP contribution in [0.25, 0.3) is 0 Å². The first-order chi connectivity index (χ1) is 10.1. The lowest BCUT2D eigenvalue weighted by molar-refractivity contribution is -0.142. The van der Waals surface area contributed by atoms with E-state index in [0.29, 0.717) is 11.0 Å². The van der Waals surface area contributed by atoms with Crippen LogP contribution >= 0.6 is 0 Å². The van der Waals surface area contributed by atoms with Gasteiger partial charge in [-0.15, -0.1) is 0 Å². The molecule has 0 spiro atoms. The van der Waals surface area contributed by atoms with Gasteiger partial charge in [0.2, 0.25) is 0 Å². The standard InChI is InChI=1S/C13H9F3N2O4/c1-12(10(19)20)6-22-11(21)18(12)8-3-2-7(5-17)9(4-8)13(14,15)16/h2-4H,6H2,1H3,(H,19,20)/t12-/m1/s1. The van der Waals surface area contributed by atoms with Gasteiger partial charge >= 0.3 is 18.2 Å². The number of amides is 1. The topological polar surface area (TPSA) is 90.6 Å². The fraction of sp³-hybridized carbons (Fsp3) is 0.308. The molecule has 0 radical (unpaired) electrons. The Morgan fingerprint density at radius 2 is 2.14 bits per heavy atom. The predicted molar refractivity (Wildman–Crippen MR) is 66.0 cm³/mol. The molecular formula is C13H9F3N2O4. The van der Waals surface area contributed by atoms with Crippen molar-refractivity contribution < 1.29 is 32.6 Å². The van der Waals surface area contributed by atoms with Crippen molar-refractivity contribution >= 4 is 17.7 Å². The molecule has 1 saturated heterocycles. The molecule has 22 heavy (non-hydrogen) atoms. The number of nitrogens with zero attached hydrogens (tertiary/aromatic N) is 2. The summed E-state index contributed by atoms with van der Waals surface area (Å²) in [5.41, 5.74) is -4.01. The number of cyclic esters (lactones) is 1. The summed E-state index contributed by atoms with van der Waals surface area (Å²) >= 11 is 0. The monoisotopic (exact) mass is 314 g/mol. The lowest BCUT2D eigenvalue weighted by Gasteiger charge is -2.28. The Balaban J connectivity index is 2.60. The summed E-state index contributed by atoms with van der Waals surface area (Å²) in [6.07, 6.45) is -5.88. The maximum absolute atomic E-state index is 12.9. The number of alkyl halides is 3. The molecule has 1 aromatic carbocycles. The third kappa shape index (κ3) is 2.32. The molecule has 1 fully saturated rings. The third-order valence-electron chi connectivity index (χ3n) is 3.30. The lowest BCUT2D eigenvalue weighted by Crippen LogP contribution is -2.51. The van der Waals surface area contributed by atoms with Crippen molar-refractivity contribution in [3.05, 3.63) is 29.3 Å². The van der Waals surface area contributed by atoms with E-state index in [1.54, 1.807) is 0 Å².